The zero-order valence-electron chi connectivity index (χ0n) is 18.0. The van der Waals surface area contributed by atoms with E-state index in [1.165, 1.54) is 17.7 Å². The molecule has 0 N–H and O–H groups in total. The van der Waals surface area contributed by atoms with Crippen molar-refractivity contribution in [3.05, 3.63) is 105 Å². The van der Waals surface area contributed by atoms with Crippen LogP contribution in [-0.2, 0) is 11.3 Å². The molecule has 1 spiro atoms. The highest BCUT2D eigenvalue weighted by Crippen LogP contribution is 2.47. The first kappa shape index (κ1) is 20.9. The highest BCUT2D eigenvalue weighted by atomic mass is 35.5. The lowest BCUT2D eigenvalue weighted by atomic mass is 9.72. The molecule has 2 unspecified atom stereocenters. The summed E-state index contributed by atoms with van der Waals surface area (Å²) in [4.78, 5) is 20.2. The van der Waals surface area contributed by atoms with Crippen molar-refractivity contribution < 1.29 is 14.0 Å². The highest BCUT2D eigenvalue weighted by Gasteiger charge is 2.56. The predicted molar refractivity (Wildman–Crippen MR) is 124 cm³/mol. The van der Waals surface area contributed by atoms with Gasteiger partial charge in [-0.25, -0.2) is 4.39 Å². The van der Waals surface area contributed by atoms with Crippen molar-refractivity contribution >= 4 is 23.1 Å². The number of fused-ring (bicyclic) bond motifs is 1. The molecule has 0 aromatic heterocycles. The van der Waals surface area contributed by atoms with Crippen LogP contribution in [0.15, 0.2) is 65.8 Å². The van der Waals surface area contributed by atoms with E-state index in [1.54, 1.807) is 12.1 Å². The van der Waals surface area contributed by atoms with Gasteiger partial charge in [-0.1, -0.05) is 47.1 Å². The fraction of sp³-hybridized carbons (Fsp3) is 0.259. The van der Waals surface area contributed by atoms with Gasteiger partial charge in [0.15, 0.2) is 0 Å². The van der Waals surface area contributed by atoms with Gasteiger partial charge in [-0.3, -0.25) is 4.79 Å². The Labute approximate surface area is 191 Å². The van der Waals surface area contributed by atoms with Gasteiger partial charge < -0.3 is 4.84 Å². The van der Waals surface area contributed by atoms with E-state index in [1.807, 2.05) is 37.3 Å². The number of benzene rings is 3. The van der Waals surface area contributed by atoms with Crippen LogP contribution in [-0.4, -0.2) is 17.1 Å². The molecule has 5 heteroatoms. The van der Waals surface area contributed by atoms with Crippen LogP contribution in [0, 0.1) is 19.7 Å². The minimum absolute atomic E-state index is 0.0473. The summed E-state index contributed by atoms with van der Waals surface area (Å²) in [6.45, 7) is 4.09. The lowest BCUT2D eigenvalue weighted by molar-refractivity contribution is -0.0170. The molecular weight excluding hydrogens is 425 g/mol. The average molecular weight is 448 g/mol. The van der Waals surface area contributed by atoms with E-state index in [0.29, 0.717) is 22.7 Å². The fourth-order valence-corrected chi connectivity index (χ4v) is 5.04. The standard InChI is InChI=1S/C27H23ClFNO2/c1-16-14-20-4-3-13-27(26(31)23(20)15-17(16)2)24(18-5-9-21(28)10-6-18)25(30-32-27)19-7-11-22(29)12-8-19/h5-12,14-15,24H,3-4,13H2,1-2H3. The molecule has 2 atom stereocenters. The largest absolute Gasteiger partial charge is 0.379 e. The van der Waals surface area contributed by atoms with E-state index in [9.17, 15) is 9.18 Å². The first-order chi connectivity index (χ1) is 15.4. The Hall–Kier alpha value is -2.98. The quantitative estimate of drug-likeness (QED) is 0.445. The van der Waals surface area contributed by atoms with Crippen LogP contribution < -0.4 is 0 Å². The van der Waals surface area contributed by atoms with Crippen LogP contribution in [0.2, 0.25) is 5.02 Å². The summed E-state index contributed by atoms with van der Waals surface area (Å²) < 4.78 is 13.6. The van der Waals surface area contributed by atoms with Crippen LogP contribution >= 0.6 is 11.6 Å². The zero-order valence-corrected chi connectivity index (χ0v) is 18.7. The topological polar surface area (TPSA) is 38.7 Å². The number of hydrogen-bond acceptors (Lipinski definition) is 3. The Kier molecular flexibility index (Phi) is 5.13. The summed E-state index contributed by atoms with van der Waals surface area (Å²) in [5.74, 6) is -0.796. The minimum Gasteiger partial charge on any atom is -0.379 e. The molecule has 0 saturated carbocycles. The minimum atomic E-state index is -1.15. The van der Waals surface area contributed by atoms with Gasteiger partial charge in [0.1, 0.15) is 5.82 Å². The first-order valence-corrected chi connectivity index (χ1v) is 11.2. The van der Waals surface area contributed by atoms with E-state index in [4.69, 9.17) is 16.4 Å². The number of carbonyl (C=O) groups excluding carboxylic acids is 1. The zero-order chi connectivity index (χ0) is 22.5. The number of carbonyl (C=O) groups is 1. The number of Topliss-reactive ketones (excluding diaryl/α,β-unsaturated/α-hetero) is 1. The Bertz CT molecular complexity index is 1230. The second-order valence-electron chi connectivity index (χ2n) is 8.73. The third-order valence-electron chi connectivity index (χ3n) is 6.73. The van der Waals surface area contributed by atoms with Gasteiger partial charge in [0.2, 0.25) is 11.4 Å². The van der Waals surface area contributed by atoms with Crippen molar-refractivity contribution in [1.29, 1.82) is 0 Å². The number of rotatable bonds is 2. The second-order valence-corrected chi connectivity index (χ2v) is 9.16. The third-order valence-corrected chi connectivity index (χ3v) is 6.98. The number of aryl methyl sites for hydroxylation is 3. The molecule has 162 valence electrons. The molecule has 1 heterocycles. The van der Waals surface area contributed by atoms with Crippen LogP contribution in [0.25, 0.3) is 0 Å². The van der Waals surface area contributed by atoms with Crippen LogP contribution in [0.1, 0.15) is 56.9 Å². The van der Waals surface area contributed by atoms with Crippen molar-refractivity contribution in [2.45, 2.75) is 44.6 Å². The molecule has 32 heavy (non-hydrogen) atoms. The summed E-state index contributed by atoms with van der Waals surface area (Å²) in [6, 6.07) is 17.7. The maximum atomic E-state index is 14.1. The van der Waals surface area contributed by atoms with Gasteiger partial charge in [0, 0.05) is 16.1 Å². The third kappa shape index (κ3) is 3.34. The number of ketones is 1. The molecule has 1 aliphatic carbocycles. The molecule has 3 aromatic carbocycles. The monoisotopic (exact) mass is 447 g/mol. The van der Waals surface area contributed by atoms with Crippen LogP contribution in [0.5, 0.6) is 0 Å². The molecule has 3 nitrogen and oxygen atoms in total. The van der Waals surface area contributed by atoms with Gasteiger partial charge in [-0.05, 0) is 85.7 Å². The Balaban J connectivity index is 1.67. The molecule has 3 aromatic rings. The lowest BCUT2D eigenvalue weighted by Crippen LogP contribution is -2.45. The lowest BCUT2D eigenvalue weighted by Gasteiger charge is -2.31. The maximum Gasteiger partial charge on any atom is 0.212 e. The van der Waals surface area contributed by atoms with Gasteiger partial charge >= 0.3 is 0 Å². The van der Waals surface area contributed by atoms with Crippen molar-refractivity contribution in [2.24, 2.45) is 5.16 Å². The average Bonchev–Trinajstić information content (AvgIpc) is 3.11. The van der Waals surface area contributed by atoms with Gasteiger partial charge in [-0.2, -0.15) is 0 Å². The highest BCUT2D eigenvalue weighted by molar-refractivity contribution is 6.30. The van der Waals surface area contributed by atoms with E-state index in [-0.39, 0.29) is 11.6 Å². The number of oxime groups is 1. The van der Waals surface area contributed by atoms with E-state index in [0.717, 1.165) is 35.1 Å². The summed E-state index contributed by atoms with van der Waals surface area (Å²) in [5.41, 5.74) is 5.14. The van der Waals surface area contributed by atoms with Crippen molar-refractivity contribution in [3.8, 4) is 0 Å². The summed E-state index contributed by atoms with van der Waals surface area (Å²) in [5, 5.41) is 5.05. The van der Waals surface area contributed by atoms with Crippen molar-refractivity contribution in [2.75, 3.05) is 0 Å². The van der Waals surface area contributed by atoms with Gasteiger partial charge in [0.25, 0.3) is 0 Å². The molecule has 0 fully saturated rings. The Morgan fingerprint density at radius 2 is 1.72 bits per heavy atom. The number of hydrogen-bond donors (Lipinski definition) is 0. The summed E-state index contributed by atoms with van der Waals surface area (Å²) in [7, 11) is 0. The van der Waals surface area contributed by atoms with Gasteiger partial charge in [0.05, 0.1) is 11.6 Å². The van der Waals surface area contributed by atoms with E-state index in [2.05, 4.69) is 18.1 Å². The molecule has 0 saturated heterocycles. The molecule has 0 bridgehead atoms. The van der Waals surface area contributed by atoms with Crippen LogP contribution in [0.3, 0.4) is 0 Å². The Morgan fingerprint density at radius 3 is 2.44 bits per heavy atom. The number of nitrogens with zero attached hydrogens (tertiary/aromatic N) is 1. The molecule has 0 radical (unpaired) electrons. The first-order valence-electron chi connectivity index (χ1n) is 10.8. The molecule has 0 amide bonds. The predicted octanol–water partition coefficient (Wildman–Crippen LogP) is 6.57. The summed E-state index contributed by atoms with van der Waals surface area (Å²) >= 11 is 6.15. The molecular formula is C27H23ClFNO2. The SMILES string of the molecule is Cc1cc2c(cc1C)C(=O)C1(CCC2)ON=C(c2ccc(F)cc2)C1c1ccc(Cl)cc1. The normalized spacial score (nSPS) is 22.3. The van der Waals surface area contributed by atoms with Gasteiger partial charge in [-0.15, -0.1) is 0 Å². The van der Waals surface area contributed by atoms with Crippen LogP contribution in [0.4, 0.5) is 4.39 Å². The Morgan fingerprint density at radius 1 is 1.03 bits per heavy atom. The molecule has 2 aliphatic rings. The maximum absolute atomic E-state index is 14.1. The fourth-order valence-electron chi connectivity index (χ4n) is 4.92. The van der Waals surface area contributed by atoms with E-state index < -0.39 is 11.5 Å². The smallest absolute Gasteiger partial charge is 0.212 e. The summed E-state index contributed by atoms with van der Waals surface area (Å²) in [6.07, 6.45) is 2.16. The van der Waals surface area contributed by atoms with E-state index >= 15 is 0 Å². The molecule has 1 aliphatic heterocycles. The van der Waals surface area contributed by atoms with Crippen molar-refractivity contribution in [3.63, 3.8) is 0 Å². The second kappa shape index (κ2) is 7.86. The van der Waals surface area contributed by atoms with Crippen molar-refractivity contribution in [1.82, 2.24) is 0 Å². The molecule has 5 rings (SSSR count). The number of halogens is 2.